The molecule has 1 rings (SSSR count). The van der Waals surface area contributed by atoms with Crippen LogP contribution in [0.1, 0.15) is 27.7 Å². The predicted octanol–water partition coefficient (Wildman–Crippen LogP) is -1.51. The van der Waals surface area contributed by atoms with Gasteiger partial charge in [0.05, 0.1) is 0 Å². The molecule has 0 saturated heterocycles. The molecule has 2 nitrogen and oxygen atoms in total. The molecule has 1 aromatic rings. The van der Waals surface area contributed by atoms with E-state index in [0.29, 0.717) is 12.1 Å². The third-order valence-electron chi connectivity index (χ3n) is 1.86. The van der Waals surface area contributed by atoms with Crippen molar-refractivity contribution in [3.05, 3.63) is 41.0 Å². The summed E-state index contributed by atoms with van der Waals surface area (Å²) in [4.78, 5) is 3.40. The first-order valence-electron chi connectivity index (χ1n) is 5.49. The van der Waals surface area contributed by atoms with Crippen LogP contribution in [0.2, 0.25) is 0 Å². The average molecular weight is 243 g/mol. The quantitative estimate of drug-likeness (QED) is 0.626. The summed E-state index contributed by atoms with van der Waals surface area (Å²) < 4.78 is 0. The summed E-state index contributed by atoms with van der Waals surface area (Å²) in [5, 5.41) is 5.69. The van der Waals surface area contributed by atoms with Crippen molar-refractivity contribution in [1.82, 2.24) is 0 Å². The summed E-state index contributed by atoms with van der Waals surface area (Å²) in [6.07, 6.45) is 0. The van der Waals surface area contributed by atoms with Crippen LogP contribution >= 0.6 is 0 Å². The van der Waals surface area contributed by atoms with Gasteiger partial charge < -0.3 is 5.32 Å². The van der Waals surface area contributed by atoms with Crippen LogP contribution in [-0.2, 0) is 0 Å². The van der Waals surface area contributed by atoms with Crippen molar-refractivity contribution >= 4 is 5.69 Å². The minimum absolute atomic E-state index is 0. The molecule has 0 radical (unpaired) electrons. The number of nitrogens with zero attached hydrogens (tertiary/aromatic N) is 1. The molecule has 82 valence electrons. The van der Waals surface area contributed by atoms with E-state index in [0.717, 1.165) is 11.0 Å². The SMILES string of the molecule is CC(C)[N-]c1cccccc1=[NH+]C(C)C.[K+]. The Balaban J connectivity index is 0.00000225. The number of hydrogen-bond donors (Lipinski definition) is 1. The summed E-state index contributed by atoms with van der Waals surface area (Å²) in [5.74, 6) is 0. The van der Waals surface area contributed by atoms with Gasteiger partial charge in [0, 0.05) is 6.07 Å². The van der Waals surface area contributed by atoms with Gasteiger partial charge in [0.15, 0.2) is 5.36 Å². The van der Waals surface area contributed by atoms with E-state index in [1.165, 1.54) is 0 Å². The summed E-state index contributed by atoms with van der Waals surface area (Å²) in [7, 11) is 0. The van der Waals surface area contributed by atoms with E-state index in [2.05, 4.69) is 44.1 Å². The fraction of sp³-hybridized carbons (Fsp3) is 0.462. The van der Waals surface area contributed by atoms with Crippen molar-refractivity contribution in [2.45, 2.75) is 39.8 Å². The van der Waals surface area contributed by atoms with Crippen LogP contribution in [0.25, 0.3) is 5.32 Å². The zero-order chi connectivity index (χ0) is 11.3. The topological polar surface area (TPSA) is 28.1 Å². The van der Waals surface area contributed by atoms with E-state index in [9.17, 15) is 0 Å². The molecular formula is C13H20KN2+. The van der Waals surface area contributed by atoms with Crippen LogP contribution in [0.4, 0.5) is 5.69 Å². The van der Waals surface area contributed by atoms with Crippen LogP contribution in [0.3, 0.4) is 0 Å². The average Bonchev–Trinajstić information content (AvgIpc) is 2.30. The molecule has 0 bridgehead atoms. The fourth-order valence-corrected chi connectivity index (χ4v) is 1.36. The number of hydrogen-bond acceptors (Lipinski definition) is 0. The van der Waals surface area contributed by atoms with Crippen molar-refractivity contribution in [2.24, 2.45) is 0 Å². The number of nitrogens with one attached hydrogen (secondary N) is 1. The van der Waals surface area contributed by atoms with E-state index in [-0.39, 0.29) is 51.4 Å². The predicted molar refractivity (Wildman–Crippen MR) is 63.8 cm³/mol. The first kappa shape index (κ1) is 16.3. The van der Waals surface area contributed by atoms with E-state index >= 15 is 0 Å². The summed E-state index contributed by atoms with van der Waals surface area (Å²) in [6, 6.07) is 10.9. The molecule has 1 N–H and O–H groups in total. The van der Waals surface area contributed by atoms with Crippen molar-refractivity contribution in [1.29, 1.82) is 0 Å². The summed E-state index contributed by atoms with van der Waals surface area (Å²) in [6.45, 7) is 8.44. The van der Waals surface area contributed by atoms with Crippen LogP contribution < -0.4 is 61.7 Å². The van der Waals surface area contributed by atoms with Crippen molar-refractivity contribution < 1.29 is 56.4 Å². The number of rotatable bonds is 3. The molecule has 0 aromatic heterocycles. The first-order valence-corrected chi connectivity index (χ1v) is 5.49. The Morgan fingerprint density at radius 3 is 2.19 bits per heavy atom. The molecule has 0 atom stereocenters. The molecule has 16 heavy (non-hydrogen) atoms. The Labute approximate surface area is 141 Å². The molecule has 0 aliphatic heterocycles. The second-order valence-corrected chi connectivity index (χ2v) is 4.23. The van der Waals surface area contributed by atoms with Crippen LogP contribution in [0, 0.1) is 0 Å². The van der Waals surface area contributed by atoms with Crippen molar-refractivity contribution in [3.63, 3.8) is 0 Å². The molecule has 0 amide bonds. The third-order valence-corrected chi connectivity index (χ3v) is 1.86. The van der Waals surface area contributed by atoms with Gasteiger partial charge in [-0.05, 0) is 13.8 Å². The largest absolute Gasteiger partial charge is 1.00 e. The molecule has 0 aliphatic rings. The molecule has 0 spiro atoms. The van der Waals surface area contributed by atoms with Crippen molar-refractivity contribution in [3.8, 4) is 0 Å². The molecular weight excluding hydrogens is 223 g/mol. The van der Waals surface area contributed by atoms with Gasteiger partial charge in [-0.25, -0.2) is 4.99 Å². The molecule has 0 aliphatic carbocycles. The molecule has 1 aromatic carbocycles. The minimum atomic E-state index is 0. The van der Waals surface area contributed by atoms with E-state index < -0.39 is 0 Å². The van der Waals surface area contributed by atoms with Crippen LogP contribution in [0.5, 0.6) is 0 Å². The van der Waals surface area contributed by atoms with Gasteiger partial charge in [-0.2, -0.15) is 0 Å². The zero-order valence-corrected chi connectivity index (χ0v) is 14.1. The standard InChI is InChI=1S/C13H19N2.K/c1-10(2)14-12-8-6-5-7-9-13(12)15-11(3)4;/h5-11H,1-4H3;/q-1;+1/p+1. The molecule has 0 saturated carbocycles. The van der Waals surface area contributed by atoms with Crippen molar-refractivity contribution in [2.75, 3.05) is 0 Å². The van der Waals surface area contributed by atoms with E-state index in [4.69, 9.17) is 0 Å². The molecule has 0 fully saturated rings. The van der Waals surface area contributed by atoms with Gasteiger partial charge in [0.1, 0.15) is 6.04 Å². The Bertz CT molecular complexity index is 372. The normalized spacial score (nSPS) is 11.5. The second-order valence-electron chi connectivity index (χ2n) is 4.23. The van der Waals surface area contributed by atoms with Crippen LogP contribution in [-0.4, -0.2) is 12.1 Å². The zero-order valence-electron chi connectivity index (χ0n) is 11.0. The van der Waals surface area contributed by atoms with Gasteiger partial charge in [-0.15, -0.1) is 6.04 Å². The maximum Gasteiger partial charge on any atom is 1.00 e. The summed E-state index contributed by atoms with van der Waals surface area (Å²) in [5.41, 5.74) is 1.03. The fourth-order valence-electron chi connectivity index (χ4n) is 1.36. The van der Waals surface area contributed by atoms with Crippen LogP contribution in [0.15, 0.2) is 30.3 Å². The maximum absolute atomic E-state index is 4.59. The van der Waals surface area contributed by atoms with Gasteiger partial charge in [-0.1, -0.05) is 43.8 Å². The molecule has 0 unspecified atom stereocenters. The van der Waals surface area contributed by atoms with Gasteiger partial charge in [0.25, 0.3) is 0 Å². The smallest absolute Gasteiger partial charge is 0.677 e. The van der Waals surface area contributed by atoms with Gasteiger partial charge in [-0.3, -0.25) is 0 Å². The van der Waals surface area contributed by atoms with E-state index in [1.54, 1.807) is 0 Å². The Kier molecular flexibility index (Phi) is 8.59. The monoisotopic (exact) mass is 243 g/mol. The minimum Gasteiger partial charge on any atom is -0.677 e. The molecule has 3 heteroatoms. The third kappa shape index (κ3) is 6.16. The Hall–Kier alpha value is 0.326. The Morgan fingerprint density at radius 2 is 1.62 bits per heavy atom. The second kappa shape index (κ2) is 8.42. The van der Waals surface area contributed by atoms with Gasteiger partial charge >= 0.3 is 51.4 Å². The first-order chi connectivity index (χ1) is 7.09. The molecule has 0 heterocycles. The van der Waals surface area contributed by atoms with Gasteiger partial charge in [0.2, 0.25) is 0 Å². The maximum atomic E-state index is 4.59. The Morgan fingerprint density at radius 1 is 1.00 bits per heavy atom. The van der Waals surface area contributed by atoms with E-state index in [1.807, 2.05) is 24.3 Å². The summed E-state index contributed by atoms with van der Waals surface area (Å²) >= 11 is 0.